The first kappa shape index (κ1) is 13.0. The Morgan fingerprint density at radius 1 is 1.41 bits per heavy atom. The van der Waals surface area contributed by atoms with Crippen molar-refractivity contribution in [1.29, 1.82) is 0 Å². The fraction of sp³-hybridized carbons (Fsp3) is 0.333. The molecule has 1 aliphatic heterocycles. The number of hydrogen-bond donors (Lipinski definition) is 0. The molecule has 1 aromatic rings. The molecule has 5 heteroatoms. The maximum atomic E-state index is 11.9. The van der Waals surface area contributed by atoms with Crippen molar-refractivity contribution in [3.63, 3.8) is 0 Å². The SMILES string of the molecule is CCCCC1=C[P@](=O)(Cl)Oc2ccc(Cl)cc21. The quantitative estimate of drug-likeness (QED) is 0.668. The Balaban J connectivity index is 2.44. The molecular formula is C12H13Cl2O2P. The summed E-state index contributed by atoms with van der Waals surface area (Å²) >= 11 is 11.8. The molecule has 1 aromatic carbocycles. The second-order valence-corrected chi connectivity index (χ2v) is 7.34. The summed E-state index contributed by atoms with van der Waals surface area (Å²) in [6.07, 6.45) is 2.93. The summed E-state index contributed by atoms with van der Waals surface area (Å²) in [6, 6.07) is 5.25. The van der Waals surface area contributed by atoms with Gasteiger partial charge in [0.25, 0.3) is 0 Å². The lowest BCUT2D eigenvalue weighted by Crippen LogP contribution is -1.98. The van der Waals surface area contributed by atoms with Crippen LogP contribution in [0.5, 0.6) is 5.75 Å². The zero-order chi connectivity index (χ0) is 12.5. The summed E-state index contributed by atoms with van der Waals surface area (Å²) in [5, 5.41) is 0.640. The highest BCUT2D eigenvalue weighted by Gasteiger charge is 2.27. The molecule has 0 aliphatic carbocycles. The van der Waals surface area contributed by atoms with Crippen LogP contribution in [0.2, 0.25) is 5.02 Å². The Bertz CT molecular complexity index is 511. The Morgan fingerprint density at radius 2 is 2.18 bits per heavy atom. The van der Waals surface area contributed by atoms with E-state index in [1.807, 2.05) is 6.07 Å². The third kappa shape index (κ3) is 3.07. The van der Waals surface area contributed by atoms with Gasteiger partial charge in [0, 0.05) is 16.4 Å². The molecule has 0 amide bonds. The molecule has 0 aromatic heterocycles. The second kappa shape index (κ2) is 5.06. The van der Waals surface area contributed by atoms with Crippen molar-refractivity contribution in [3.05, 3.63) is 34.6 Å². The van der Waals surface area contributed by atoms with Crippen LogP contribution in [0.3, 0.4) is 0 Å². The van der Waals surface area contributed by atoms with Gasteiger partial charge in [-0.1, -0.05) is 24.9 Å². The topological polar surface area (TPSA) is 26.3 Å². The molecule has 92 valence electrons. The Morgan fingerprint density at radius 3 is 2.88 bits per heavy atom. The molecule has 0 radical (unpaired) electrons. The molecule has 2 nitrogen and oxygen atoms in total. The van der Waals surface area contributed by atoms with Crippen LogP contribution in [-0.4, -0.2) is 0 Å². The Labute approximate surface area is 111 Å². The molecule has 1 atom stereocenters. The van der Waals surface area contributed by atoms with E-state index in [0.29, 0.717) is 10.8 Å². The van der Waals surface area contributed by atoms with E-state index in [-0.39, 0.29) is 0 Å². The number of fused-ring (bicyclic) bond motifs is 1. The van der Waals surface area contributed by atoms with E-state index in [0.717, 1.165) is 30.4 Å². The summed E-state index contributed by atoms with van der Waals surface area (Å²) in [5.74, 6) is 2.10. The van der Waals surface area contributed by atoms with Crippen molar-refractivity contribution in [1.82, 2.24) is 0 Å². The Kier molecular flexibility index (Phi) is 3.87. The van der Waals surface area contributed by atoms with E-state index >= 15 is 0 Å². The van der Waals surface area contributed by atoms with Gasteiger partial charge in [-0.15, -0.1) is 0 Å². The van der Waals surface area contributed by atoms with Gasteiger partial charge >= 0.3 is 6.72 Å². The van der Waals surface area contributed by atoms with Crippen LogP contribution >= 0.6 is 29.6 Å². The molecule has 0 N–H and O–H groups in total. The number of allylic oxidation sites excluding steroid dienone is 1. The highest BCUT2D eigenvalue weighted by atomic mass is 35.7. The minimum atomic E-state index is -3.16. The molecule has 0 bridgehead atoms. The number of hydrogen-bond acceptors (Lipinski definition) is 2. The van der Waals surface area contributed by atoms with Gasteiger partial charge in [-0.3, -0.25) is 4.57 Å². The number of halogens is 2. The highest BCUT2D eigenvalue weighted by molar-refractivity contribution is 7.88. The van der Waals surface area contributed by atoms with Crippen molar-refractivity contribution in [3.8, 4) is 5.75 Å². The minimum absolute atomic E-state index is 0.557. The molecular weight excluding hydrogens is 278 g/mol. The smallest absolute Gasteiger partial charge is 0.359 e. The zero-order valence-electron chi connectivity index (χ0n) is 9.45. The van der Waals surface area contributed by atoms with E-state index in [2.05, 4.69) is 6.92 Å². The summed E-state index contributed by atoms with van der Waals surface area (Å²) in [7, 11) is 0. The number of rotatable bonds is 3. The monoisotopic (exact) mass is 290 g/mol. The van der Waals surface area contributed by atoms with Crippen LogP contribution in [0.4, 0.5) is 0 Å². The van der Waals surface area contributed by atoms with Crippen LogP contribution in [0.1, 0.15) is 31.7 Å². The third-order valence-electron chi connectivity index (χ3n) is 2.62. The summed E-state index contributed by atoms with van der Waals surface area (Å²) in [5.41, 5.74) is 1.87. The fourth-order valence-corrected chi connectivity index (χ4v) is 3.68. The Hall–Kier alpha value is -0.430. The van der Waals surface area contributed by atoms with Gasteiger partial charge in [0.15, 0.2) is 0 Å². The van der Waals surface area contributed by atoms with E-state index in [4.69, 9.17) is 27.4 Å². The van der Waals surface area contributed by atoms with Crippen molar-refractivity contribution in [2.45, 2.75) is 26.2 Å². The minimum Gasteiger partial charge on any atom is -0.429 e. The van der Waals surface area contributed by atoms with Crippen LogP contribution < -0.4 is 4.52 Å². The van der Waals surface area contributed by atoms with Gasteiger partial charge in [0.1, 0.15) is 5.75 Å². The van der Waals surface area contributed by atoms with Gasteiger partial charge in [-0.25, -0.2) is 0 Å². The molecule has 0 saturated carbocycles. The van der Waals surface area contributed by atoms with Crippen LogP contribution in [0.25, 0.3) is 5.57 Å². The lowest BCUT2D eigenvalue weighted by atomic mass is 10.0. The van der Waals surface area contributed by atoms with Gasteiger partial charge in [-0.05, 0) is 47.9 Å². The average Bonchev–Trinajstić information content (AvgIpc) is 2.26. The molecule has 0 spiro atoms. The standard InChI is InChI=1S/C12H13Cl2O2P/c1-2-3-4-9-8-17(14,15)16-12-6-5-10(13)7-11(9)12/h5-8H,2-4H2,1H3/t17-/m1/s1. The highest BCUT2D eigenvalue weighted by Crippen LogP contribution is 2.60. The first-order chi connectivity index (χ1) is 8.02. The van der Waals surface area contributed by atoms with Crippen LogP contribution in [-0.2, 0) is 4.57 Å². The molecule has 0 saturated heterocycles. The number of unbranched alkanes of at least 4 members (excludes halogenated alkanes) is 1. The molecule has 17 heavy (non-hydrogen) atoms. The van der Waals surface area contributed by atoms with E-state index in [1.165, 1.54) is 0 Å². The molecule has 1 aliphatic rings. The van der Waals surface area contributed by atoms with Crippen LogP contribution in [0.15, 0.2) is 24.0 Å². The lowest BCUT2D eigenvalue weighted by molar-refractivity contribution is 0.504. The second-order valence-electron chi connectivity index (χ2n) is 4.01. The maximum Gasteiger partial charge on any atom is 0.359 e. The normalized spacial score (nSPS) is 22.6. The van der Waals surface area contributed by atoms with Crippen LogP contribution in [0, 0.1) is 0 Å². The third-order valence-corrected chi connectivity index (χ3v) is 4.42. The van der Waals surface area contributed by atoms with Crippen molar-refractivity contribution in [2.24, 2.45) is 0 Å². The number of benzene rings is 1. The zero-order valence-corrected chi connectivity index (χ0v) is 11.9. The first-order valence-electron chi connectivity index (χ1n) is 5.52. The van der Waals surface area contributed by atoms with E-state index in [1.54, 1.807) is 17.9 Å². The predicted molar refractivity (Wildman–Crippen MR) is 73.0 cm³/mol. The largest absolute Gasteiger partial charge is 0.429 e. The van der Waals surface area contributed by atoms with E-state index < -0.39 is 6.72 Å². The molecule has 0 fully saturated rings. The molecule has 2 rings (SSSR count). The van der Waals surface area contributed by atoms with Gasteiger partial charge < -0.3 is 4.52 Å². The lowest BCUT2D eigenvalue weighted by Gasteiger charge is -2.21. The average molecular weight is 291 g/mol. The molecule has 1 heterocycles. The predicted octanol–water partition coefficient (Wildman–Crippen LogP) is 5.70. The van der Waals surface area contributed by atoms with E-state index in [9.17, 15) is 4.57 Å². The fourth-order valence-electron chi connectivity index (χ4n) is 1.82. The van der Waals surface area contributed by atoms with Crippen molar-refractivity contribution >= 4 is 35.1 Å². The first-order valence-corrected chi connectivity index (χ1v) is 8.50. The summed E-state index contributed by atoms with van der Waals surface area (Å²) in [6.45, 7) is -1.05. The van der Waals surface area contributed by atoms with Gasteiger partial charge in [0.2, 0.25) is 0 Å². The van der Waals surface area contributed by atoms with Crippen molar-refractivity contribution in [2.75, 3.05) is 0 Å². The summed E-state index contributed by atoms with van der Waals surface area (Å²) < 4.78 is 17.2. The van der Waals surface area contributed by atoms with Gasteiger partial charge in [0.05, 0.1) is 0 Å². The van der Waals surface area contributed by atoms with Crippen molar-refractivity contribution < 1.29 is 9.09 Å². The molecule has 0 unspecified atom stereocenters. The maximum absolute atomic E-state index is 11.9. The van der Waals surface area contributed by atoms with Gasteiger partial charge in [-0.2, -0.15) is 0 Å². The summed E-state index contributed by atoms with van der Waals surface area (Å²) in [4.78, 5) is 0.